The monoisotopic (exact) mass is 443 g/mol. The molecule has 1 saturated heterocycles. The van der Waals surface area contributed by atoms with E-state index in [-0.39, 0.29) is 16.8 Å². The summed E-state index contributed by atoms with van der Waals surface area (Å²) < 4.78 is 32.3. The predicted molar refractivity (Wildman–Crippen MR) is 120 cm³/mol. The van der Waals surface area contributed by atoms with Gasteiger partial charge in [-0.2, -0.15) is 0 Å². The lowest BCUT2D eigenvalue weighted by Crippen LogP contribution is -2.35. The maximum absolute atomic E-state index is 13.4. The zero-order valence-electron chi connectivity index (χ0n) is 18.0. The van der Waals surface area contributed by atoms with E-state index in [0.29, 0.717) is 18.6 Å². The van der Waals surface area contributed by atoms with E-state index in [0.717, 1.165) is 42.9 Å². The summed E-state index contributed by atoms with van der Waals surface area (Å²) in [5, 5.41) is 3.12. The van der Waals surface area contributed by atoms with Crippen molar-refractivity contribution >= 4 is 21.6 Å². The lowest BCUT2D eigenvalue weighted by Gasteiger charge is -2.31. The third-order valence-corrected chi connectivity index (χ3v) is 7.76. The van der Waals surface area contributed by atoms with Gasteiger partial charge < -0.3 is 15.0 Å². The van der Waals surface area contributed by atoms with Crippen molar-refractivity contribution in [3.63, 3.8) is 0 Å². The Kier molecular flexibility index (Phi) is 6.20. The molecule has 2 aromatic rings. The van der Waals surface area contributed by atoms with Crippen molar-refractivity contribution in [2.45, 2.75) is 36.6 Å². The number of rotatable bonds is 5. The summed E-state index contributed by atoms with van der Waals surface area (Å²) in [5.41, 5.74) is 2.13. The maximum atomic E-state index is 13.4. The fourth-order valence-corrected chi connectivity index (χ4v) is 5.14. The molecule has 1 fully saturated rings. The van der Waals surface area contributed by atoms with Crippen molar-refractivity contribution in [2.24, 2.45) is 0 Å². The highest BCUT2D eigenvalue weighted by Crippen LogP contribution is 2.33. The van der Waals surface area contributed by atoms with Crippen LogP contribution in [0.4, 0.5) is 5.69 Å². The van der Waals surface area contributed by atoms with E-state index in [1.54, 1.807) is 12.1 Å². The fraction of sp³-hybridized carbons (Fsp3) is 0.435. The molecule has 2 heterocycles. The SMILES string of the molecule is CN(C)S(=O)(=O)c1ccc(N2CCCCC2)c(C(=O)NC2CCOc3ccccc32)c1. The number of hydrogen-bond donors (Lipinski definition) is 1. The van der Waals surface area contributed by atoms with Crippen LogP contribution in [0.3, 0.4) is 0 Å². The summed E-state index contributed by atoms with van der Waals surface area (Å²) in [4.78, 5) is 15.8. The molecule has 166 valence electrons. The van der Waals surface area contributed by atoms with Crippen LogP contribution in [-0.4, -0.2) is 52.4 Å². The van der Waals surface area contributed by atoms with Gasteiger partial charge in [0.2, 0.25) is 10.0 Å². The summed E-state index contributed by atoms with van der Waals surface area (Å²) in [5.74, 6) is 0.511. The Hall–Kier alpha value is -2.58. The lowest BCUT2D eigenvalue weighted by molar-refractivity contribution is 0.0925. The number of anilines is 1. The molecular weight excluding hydrogens is 414 g/mol. The molecule has 8 heteroatoms. The number of carbonyl (C=O) groups is 1. The second-order valence-electron chi connectivity index (χ2n) is 8.22. The molecule has 0 radical (unpaired) electrons. The van der Waals surface area contributed by atoms with Crippen molar-refractivity contribution in [3.05, 3.63) is 53.6 Å². The van der Waals surface area contributed by atoms with Gasteiger partial charge in [-0.3, -0.25) is 4.79 Å². The largest absolute Gasteiger partial charge is 0.493 e. The number of carbonyl (C=O) groups excluding carboxylic acids is 1. The van der Waals surface area contributed by atoms with E-state index >= 15 is 0 Å². The van der Waals surface area contributed by atoms with E-state index < -0.39 is 10.0 Å². The van der Waals surface area contributed by atoms with Crippen LogP contribution in [0, 0.1) is 0 Å². The molecule has 0 aliphatic carbocycles. The number of nitrogens with one attached hydrogen (secondary N) is 1. The number of piperidine rings is 1. The second-order valence-corrected chi connectivity index (χ2v) is 10.4. The van der Waals surface area contributed by atoms with Gasteiger partial charge in [-0.1, -0.05) is 18.2 Å². The molecule has 0 bridgehead atoms. The van der Waals surface area contributed by atoms with Crippen molar-refractivity contribution in [3.8, 4) is 5.75 Å². The van der Waals surface area contributed by atoms with Crippen LogP contribution in [0.5, 0.6) is 5.75 Å². The van der Waals surface area contributed by atoms with Crippen molar-refractivity contribution in [1.82, 2.24) is 9.62 Å². The standard InChI is InChI=1S/C23H29N3O4S/c1-25(2)31(28,29)17-10-11-21(26-13-6-3-7-14-26)19(16-17)23(27)24-20-12-15-30-22-9-5-4-8-18(20)22/h4-5,8-11,16,20H,3,6-7,12-15H2,1-2H3,(H,24,27). The van der Waals surface area contributed by atoms with Crippen LogP contribution in [0.15, 0.2) is 47.4 Å². The zero-order valence-corrected chi connectivity index (χ0v) is 18.8. The number of amides is 1. The van der Waals surface area contributed by atoms with Crippen LogP contribution in [0.2, 0.25) is 0 Å². The summed E-state index contributed by atoms with van der Waals surface area (Å²) in [7, 11) is -0.662. The van der Waals surface area contributed by atoms with Gasteiger partial charge in [0.1, 0.15) is 5.75 Å². The number of fused-ring (bicyclic) bond motifs is 1. The number of para-hydroxylation sites is 1. The molecule has 4 rings (SSSR count). The molecule has 2 aliphatic rings. The first-order chi connectivity index (χ1) is 14.9. The van der Waals surface area contributed by atoms with Gasteiger partial charge in [0.05, 0.1) is 23.1 Å². The Morgan fingerprint density at radius 2 is 1.84 bits per heavy atom. The van der Waals surface area contributed by atoms with Crippen LogP contribution in [0.25, 0.3) is 0 Å². The molecule has 1 unspecified atom stereocenters. The molecule has 31 heavy (non-hydrogen) atoms. The number of sulfonamides is 1. The van der Waals surface area contributed by atoms with Gasteiger partial charge in [0.15, 0.2) is 0 Å². The minimum absolute atomic E-state index is 0.121. The Bertz CT molecular complexity index is 1060. The molecule has 1 N–H and O–H groups in total. The highest BCUT2D eigenvalue weighted by atomic mass is 32.2. The van der Waals surface area contributed by atoms with Crippen LogP contribution in [0.1, 0.15) is 47.6 Å². The van der Waals surface area contributed by atoms with Crippen LogP contribution >= 0.6 is 0 Å². The molecule has 7 nitrogen and oxygen atoms in total. The molecule has 0 saturated carbocycles. The quantitative estimate of drug-likeness (QED) is 0.768. The highest BCUT2D eigenvalue weighted by Gasteiger charge is 2.27. The molecular formula is C23H29N3O4S. The molecule has 2 aliphatic heterocycles. The van der Waals surface area contributed by atoms with Gasteiger partial charge in [0, 0.05) is 44.9 Å². The summed E-state index contributed by atoms with van der Waals surface area (Å²) in [6, 6.07) is 12.4. The van der Waals surface area contributed by atoms with Gasteiger partial charge in [-0.25, -0.2) is 12.7 Å². The minimum Gasteiger partial charge on any atom is -0.493 e. The third-order valence-electron chi connectivity index (χ3n) is 5.95. The smallest absolute Gasteiger partial charge is 0.253 e. The fourth-order valence-electron chi connectivity index (χ4n) is 4.21. The molecule has 2 aromatic carbocycles. The first-order valence-electron chi connectivity index (χ1n) is 10.7. The van der Waals surface area contributed by atoms with Crippen molar-refractivity contribution in [2.75, 3.05) is 38.7 Å². The Morgan fingerprint density at radius 3 is 2.58 bits per heavy atom. The highest BCUT2D eigenvalue weighted by molar-refractivity contribution is 7.89. The molecule has 1 atom stereocenters. The van der Waals surface area contributed by atoms with Crippen LogP contribution < -0.4 is 15.0 Å². The topological polar surface area (TPSA) is 79.0 Å². The third kappa shape index (κ3) is 4.41. The number of nitrogens with zero attached hydrogens (tertiary/aromatic N) is 2. The lowest BCUT2D eigenvalue weighted by atomic mass is 9.99. The Labute approximate surface area is 184 Å². The van der Waals surface area contributed by atoms with E-state index in [1.807, 2.05) is 24.3 Å². The van der Waals surface area contributed by atoms with Crippen molar-refractivity contribution < 1.29 is 17.9 Å². The number of benzene rings is 2. The van der Waals surface area contributed by atoms with Crippen molar-refractivity contribution in [1.29, 1.82) is 0 Å². The minimum atomic E-state index is -3.65. The van der Waals surface area contributed by atoms with Gasteiger partial charge in [0.25, 0.3) is 5.91 Å². The second kappa shape index (κ2) is 8.88. The van der Waals surface area contributed by atoms with E-state index in [9.17, 15) is 13.2 Å². The average molecular weight is 444 g/mol. The van der Waals surface area contributed by atoms with E-state index in [2.05, 4.69) is 10.2 Å². The first-order valence-corrected chi connectivity index (χ1v) is 12.2. The Balaban J connectivity index is 1.70. The van der Waals surface area contributed by atoms with E-state index in [1.165, 1.54) is 30.9 Å². The molecule has 1 amide bonds. The average Bonchev–Trinajstić information content (AvgIpc) is 2.79. The molecule has 0 spiro atoms. The first kappa shape index (κ1) is 21.6. The normalized spacial score (nSPS) is 18.9. The summed E-state index contributed by atoms with van der Waals surface area (Å²) >= 11 is 0. The summed E-state index contributed by atoms with van der Waals surface area (Å²) in [6.45, 7) is 2.25. The number of hydrogen-bond acceptors (Lipinski definition) is 5. The summed E-state index contributed by atoms with van der Waals surface area (Å²) in [6.07, 6.45) is 3.96. The zero-order chi connectivity index (χ0) is 22.0. The van der Waals surface area contributed by atoms with Gasteiger partial charge in [-0.15, -0.1) is 0 Å². The predicted octanol–water partition coefficient (Wildman–Crippen LogP) is 3.18. The van der Waals surface area contributed by atoms with Gasteiger partial charge in [-0.05, 0) is 43.5 Å². The Morgan fingerprint density at radius 1 is 1.10 bits per heavy atom. The maximum Gasteiger partial charge on any atom is 0.253 e. The van der Waals surface area contributed by atoms with Crippen LogP contribution in [-0.2, 0) is 10.0 Å². The van der Waals surface area contributed by atoms with Gasteiger partial charge >= 0.3 is 0 Å². The van der Waals surface area contributed by atoms with E-state index in [4.69, 9.17) is 4.74 Å². The molecule has 0 aromatic heterocycles. The number of ether oxygens (including phenoxy) is 1.